The van der Waals surface area contributed by atoms with Crippen molar-refractivity contribution in [3.63, 3.8) is 0 Å². The first-order valence-electron chi connectivity index (χ1n) is 5.91. The van der Waals surface area contributed by atoms with E-state index in [9.17, 15) is 8.42 Å². The SMILES string of the molecule is Cl.O=S(=O)(C1CCCCC1)N1CCNCC1. The monoisotopic (exact) mass is 268 g/mol. The Morgan fingerprint density at radius 3 is 2.12 bits per heavy atom. The van der Waals surface area contributed by atoms with Crippen LogP contribution in [0.2, 0.25) is 0 Å². The number of nitrogens with one attached hydrogen (secondary N) is 1. The lowest BCUT2D eigenvalue weighted by Gasteiger charge is -2.32. The summed E-state index contributed by atoms with van der Waals surface area (Å²) in [4.78, 5) is 0. The zero-order valence-corrected chi connectivity index (χ0v) is 11.2. The number of piperazine rings is 1. The van der Waals surface area contributed by atoms with E-state index in [0.29, 0.717) is 13.1 Å². The van der Waals surface area contributed by atoms with Gasteiger partial charge in [0.25, 0.3) is 0 Å². The number of hydrogen-bond donors (Lipinski definition) is 1. The lowest BCUT2D eigenvalue weighted by Crippen LogP contribution is -2.49. The molecule has 0 aromatic carbocycles. The molecule has 1 heterocycles. The Morgan fingerprint density at radius 2 is 1.56 bits per heavy atom. The second kappa shape index (κ2) is 6.19. The van der Waals surface area contributed by atoms with Gasteiger partial charge >= 0.3 is 0 Å². The molecule has 2 rings (SSSR count). The fourth-order valence-electron chi connectivity index (χ4n) is 2.47. The van der Waals surface area contributed by atoms with Crippen LogP contribution in [0.4, 0.5) is 0 Å². The van der Waals surface area contributed by atoms with Gasteiger partial charge in [-0.3, -0.25) is 0 Å². The molecule has 0 amide bonds. The van der Waals surface area contributed by atoms with Gasteiger partial charge < -0.3 is 5.32 Å². The Hall–Kier alpha value is 0.160. The van der Waals surface area contributed by atoms with Gasteiger partial charge in [0.15, 0.2) is 0 Å². The van der Waals surface area contributed by atoms with Crippen molar-refractivity contribution in [2.75, 3.05) is 26.2 Å². The van der Waals surface area contributed by atoms with Gasteiger partial charge in [0, 0.05) is 26.2 Å². The lowest BCUT2D eigenvalue weighted by molar-refractivity contribution is 0.347. The first kappa shape index (κ1) is 14.2. The largest absolute Gasteiger partial charge is 0.314 e. The highest BCUT2D eigenvalue weighted by Gasteiger charge is 2.33. The first-order valence-corrected chi connectivity index (χ1v) is 7.41. The molecule has 0 atom stereocenters. The summed E-state index contributed by atoms with van der Waals surface area (Å²) in [5.41, 5.74) is 0. The normalized spacial score (nSPS) is 25.0. The molecular formula is C10H21ClN2O2S. The van der Waals surface area contributed by atoms with E-state index in [4.69, 9.17) is 0 Å². The molecule has 6 heteroatoms. The number of nitrogens with zero attached hydrogens (tertiary/aromatic N) is 1. The maximum Gasteiger partial charge on any atom is 0.217 e. The number of hydrogen-bond acceptors (Lipinski definition) is 3. The van der Waals surface area contributed by atoms with E-state index in [-0.39, 0.29) is 17.7 Å². The Kier molecular flexibility index (Phi) is 5.50. The van der Waals surface area contributed by atoms with Gasteiger partial charge in [0.1, 0.15) is 0 Å². The highest BCUT2D eigenvalue weighted by Crippen LogP contribution is 2.26. The Bertz CT molecular complexity index is 272. The zero-order valence-electron chi connectivity index (χ0n) is 9.52. The Balaban J connectivity index is 0.00000128. The lowest BCUT2D eigenvalue weighted by atomic mass is 10.0. The molecule has 16 heavy (non-hydrogen) atoms. The summed E-state index contributed by atoms with van der Waals surface area (Å²) >= 11 is 0. The molecule has 0 aromatic heterocycles. The fraction of sp³-hybridized carbons (Fsp3) is 1.00. The third-order valence-electron chi connectivity index (χ3n) is 3.41. The van der Waals surface area contributed by atoms with Crippen LogP contribution in [0.25, 0.3) is 0 Å². The van der Waals surface area contributed by atoms with Gasteiger partial charge in [-0.2, -0.15) is 4.31 Å². The molecule has 2 fully saturated rings. The summed E-state index contributed by atoms with van der Waals surface area (Å²) in [5, 5.41) is 3.09. The standard InChI is InChI=1S/C10H20N2O2S.ClH/c13-15(14,10-4-2-1-3-5-10)12-8-6-11-7-9-12;/h10-11H,1-9H2;1H. The van der Waals surface area contributed by atoms with Crippen molar-refractivity contribution in [1.29, 1.82) is 0 Å². The highest BCUT2D eigenvalue weighted by atomic mass is 35.5. The number of rotatable bonds is 2. The molecule has 0 aromatic rings. The maximum atomic E-state index is 12.2. The van der Waals surface area contributed by atoms with Crippen LogP contribution in [0.1, 0.15) is 32.1 Å². The summed E-state index contributed by atoms with van der Waals surface area (Å²) in [5.74, 6) is 0. The van der Waals surface area contributed by atoms with Crippen LogP contribution in [-0.2, 0) is 10.0 Å². The fourth-order valence-corrected chi connectivity index (χ4v) is 4.51. The molecule has 1 N–H and O–H groups in total. The molecule has 0 radical (unpaired) electrons. The van der Waals surface area contributed by atoms with Gasteiger partial charge in [-0.25, -0.2) is 8.42 Å². The van der Waals surface area contributed by atoms with E-state index in [0.717, 1.165) is 38.8 Å². The second-order valence-electron chi connectivity index (χ2n) is 4.45. The van der Waals surface area contributed by atoms with Crippen molar-refractivity contribution >= 4 is 22.4 Å². The molecule has 0 bridgehead atoms. The summed E-state index contributed by atoms with van der Waals surface area (Å²) in [6, 6.07) is 0. The van der Waals surface area contributed by atoms with Crippen molar-refractivity contribution in [1.82, 2.24) is 9.62 Å². The number of halogens is 1. The minimum Gasteiger partial charge on any atom is -0.314 e. The summed E-state index contributed by atoms with van der Waals surface area (Å²) in [6.45, 7) is 2.90. The summed E-state index contributed by atoms with van der Waals surface area (Å²) in [6.07, 6.45) is 5.10. The van der Waals surface area contributed by atoms with Crippen molar-refractivity contribution in [3.05, 3.63) is 0 Å². The predicted molar refractivity (Wildman–Crippen MR) is 67.5 cm³/mol. The topological polar surface area (TPSA) is 49.4 Å². The Morgan fingerprint density at radius 1 is 1.00 bits per heavy atom. The summed E-state index contributed by atoms with van der Waals surface area (Å²) in [7, 11) is -2.99. The van der Waals surface area contributed by atoms with Crippen molar-refractivity contribution in [2.45, 2.75) is 37.4 Å². The van der Waals surface area contributed by atoms with Crippen LogP contribution in [0.5, 0.6) is 0 Å². The minimum absolute atomic E-state index is 0. The average Bonchev–Trinajstić information content (AvgIpc) is 2.31. The molecule has 96 valence electrons. The van der Waals surface area contributed by atoms with Crippen LogP contribution in [0.3, 0.4) is 0 Å². The van der Waals surface area contributed by atoms with Gasteiger partial charge in [-0.15, -0.1) is 12.4 Å². The Labute approximate surface area is 104 Å². The van der Waals surface area contributed by atoms with E-state index in [1.54, 1.807) is 4.31 Å². The van der Waals surface area contributed by atoms with E-state index in [1.165, 1.54) is 6.42 Å². The first-order chi connectivity index (χ1) is 7.21. The van der Waals surface area contributed by atoms with E-state index < -0.39 is 10.0 Å². The zero-order chi connectivity index (χ0) is 10.7. The van der Waals surface area contributed by atoms with Crippen LogP contribution in [-0.4, -0.2) is 44.2 Å². The predicted octanol–water partition coefficient (Wildman–Crippen LogP) is 0.976. The van der Waals surface area contributed by atoms with Crippen LogP contribution in [0, 0.1) is 0 Å². The third kappa shape index (κ3) is 3.09. The molecule has 1 saturated heterocycles. The molecule has 1 aliphatic heterocycles. The molecule has 0 unspecified atom stereocenters. The molecule has 2 aliphatic rings. The van der Waals surface area contributed by atoms with Gasteiger partial charge in [0.05, 0.1) is 5.25 Å². The van der Waals surface area contributed by atoms with Gasteiger partial charge in [0.2, 0.25) is 10.0 Å². The summed E-state index contributed by atoms with van der Waals surface area (Å²) < 4.78 is 26.2. The highest BCUT2D eigenvalue weighted by molar-refractivity contribution is 7.89. The second-order valence-corrected chi connectivity index (χ2v) is 6.67. The molecule has 0 spiro atoms. The maximum absolute atomic E-state index is 12.2. The van der Waals surface area contributed by atoms with E-state index in [2.05, 4.69) is 5.32 Å². The van der Waals surface area contributed by atoms with E-state index >= 15 is 0 Å². The average molecular weight is 269 g/mol. The quantitative estimate of drug-likeness (QED) is 0.812. The van der Waals surface area contributed by atoms with Crippen molar-refractivity contribution in [3.8, 4) is 0 Å². The smallest absolute Gasteiger partial charge is 0.217 e. The van der Waals surface area contributed by atoms with Crippen molar-refractivity contribution < 1.29 is 8.42 Å². The number of sulfonamides is 1. The third-order valence-corrected chi connectivity index (χ3v) is 5.81. The van der Waals surface area contributed by atoms with Crippen LogP contribution >= 0.6 is 12.4 Å². The van der Waals surface area contributed by atoms with Gasteiger partial charge in [-0.1, -0.05) is 19.3 Å². The van der Waals surface area contributed by atoms with Crippen LogP contribution < -0.4 is 5.32 Å². The molecule has 1 saturated carbocycles. The van der Waals surface area contributed by atoms with Crippen molar-refractivity contribution in [2.24, 2.45) is 0 Å². The minimum atomic E-state index is -2.99. The molecule has 1 aliphatic carbocycles. The van der Waals surface area contributed by atoms with E-state index in [1.807, 2.05) is 0 Å². The molecule has 4 nitrogen and oxygen atoms in total. The van der Waals surface area contributed by atoms with Crippen LogP contribution in [0.15, 0.2) is 0 Å². The molecular weight excluding hydrogens is 248 g/mol. The van der Waals surface area contributed by atoms with Gasteiger partial charge in [-0.05, 0) is 12.8 Å².